The molecule has 0 aliphatic carbocycles. The van der Waals surface area contributed by atoms with Crippen LogP contribution in [-0.2, 0) is 20.2 Å². The molecule has 0 amide bonds. The molecule has 4 N–H and O–H groups in total. The zero-order valence-electron chi connectivity index (χ0n) is 5.26. The van der Waals surface area contributed by atoms with Crippen LogP contribution in [0.1, 0.15) is 0 Å². The van der Waals surface area contributed by atoms with Gasteiger partial charge in [0.1, 0.15) is 0 Å². The molecule has 0 heterocycles. The van der Waals surface area contributed by atoms with Crippen molar-refractivity contribution in [1.82, 2.24) is 0 Å². The lowest BCUT2D eigenvalue weighted by Crippen LogP contribution is -2.15. The standard InChI is InChI=1S/C2H6O6S2.H2O/c3-9(4,5)1-2-10(6,7)8;/h1-2H2,(H,3,4,5)(H,6,7,8);1H2. The van der Waals surface area contributed by atoms with Crippen LogP contribution in [-0.4, -0.2) is 42.9 Å². The minimum Gasteiger partial charge on any atom is -0.412 e. The van der Waals surface area contributed by atoms with Crippen LogP contribution in [0.5, 0.6) is 0 Å². The zero-order chi connectivity index (χ0) is 8.41. The predicted molar refractivity (Wildman–Crippen MR) is 36.4 cm³/mol. The van der Waals surface area contributed by atoms with Crippen LogP contribution in [0.15, 0.2) is 0 Å². The van der Waals surface area contributed by atoms with Gasteiger partial charge in [-0.2, -0.15) is 16.8 Å². The van der Waals surface area contributed by atoms with Crippen LogP contribution in [0.3, 0.4) is 0 Å². The minimum absolute atomic E-state index is 0. The molecular formula is C2H8O7S2. The van der Waals surface area contributed by atoms with Crippen LogP contribution < -0.4 is 0 Å². The summed E-state index contributed by atoms with van der Waals surface area (Å²) in [5.74, 6) is -1.96. The van der Waals surface area contributed by atoms with Crippen LogP contribution in [0.4, 0.5) is 0 Å². The molecule has 0 bridgehead atoms. The Morgan fingerprint density at radius 1 is 0.818 bits per heavy atom. The molecular weight excluding hydrogens is 200 g/mol. The van der Waals surface area contributed by atoms with Gasteiger partial charge in [0.15, 0.2) is 0 Å². The van der Waals surface area contributed by atoms with Gasteiger partial charge in [-0.25, -0.2) is 0 Å². The van der Waals surface area contributed by atoms with Gasteiger partial charge in [-0.1, -0.05) is 0 Å². The highest BCUT2D eigenvalue weighted by atomic mass is 32.2. The van der Waals surface area contributed by atoms with Gasteiger partial charge in [0.25, 0.3) is 20.2 Å². The van der Waals surface area contributed by atoms with E-state index in [9.17, 15) is 16.8 Å². The molecule has 0 saturated heterocycles. The largest absolute Gasteiger partial charge is 0.412 e. The Morgan fingerprint density at radius 2 is 1.00 bits per heavy atom. The normalized spacial score (nSPS) is 12.2. The van der Waals surface area contributed by atoms with Crippen molar-refractivity contribution in [1.29, 1.82) is 0 Å². The second-order valence-electron chi connectivity index (χ2n) is 1.57. The third-order valence-corrected chi connectivity index (χ3v) is 2.30. The molecule has 0 fully saturated rings. The summed E-state index contributed by atoms with van der Waals surface area (Å²) >= 11 is 0. The summed E-state index contributed by atoms with van der Waals surface area (Å²) < 4.78 is 55.4. The van der Waals surface area contributed by atoms with Crippen molar-refractivity contribution in [2.24, 2.45) is 0 Å². The Kier molecular flexibility index (Phi) is 4.83. The Labute approximate surface area is 63.8 Å². The first-order valence-electron chi connectivity index (χ1n) is 2.11. The SMILES string of the molecule is O.O=S(=O)(O)CCS(=O)(=O)O. The molecule has 0 rings (SSSR count). The lowest BCUT2D eigenvalue weighted by molar-refractivity contribution is 0.472. The molecule has 0 atom stereocenters. The number of hydrogen-bond donors (Lipinski definition) is 2. The molecule has 11 heavy (non-hydrogen) atoms. The monoisotopic (exact) mass is 208 g/mol. The molecule has 0 radical (unpaired) electrons. The smallest absolute Gasteiger partial charge is 0.265 e. The van der Waals surface area contributed by atoms with Gasteiger partial charge >= 0.3 is 0 Å². The lowest BCUT2D eigenvalue weighted by Gasteiger charge is -1.92. The summed E-state index contributed by atoms with van der Waals surface area (Å²) in [7, 11) is -8.59. The Hall–Kier alpha value is -0.220. The lowest BCUT2D eigenvalue weighted by atomic mass is 11.0. The maximum absolute atomic E-state index is 9.86. The van der Waals surface area contributed by atoms with E-state index in [2.05, 4.69) is 0 Å². The van der Waals surface area contributed by atoms with E-state index in [1.807, 2.05) is 0 Å². The number of rotatable bonds is 3. The maximum Gasteiger partial charge on any atom is 0.265 e. The highest BCUT2D eigenvalue weighted by Crippen LogP contribution is 1.86. The fourth-order valence-corrected chi connectivity index (χ4v) is 1.90. The van der Waals surface area contributed by atoms with Crippen LogP contribution >= 0.6 is 0 Å². The Balaban J connectivity index is 0. The third-order valence-electron chi connectivity index (χ3n) is 0.599. The summed E-state index contributed by atoms with van der Waals surface area (Å²) in [5.41, 5.74) is 0. The van der Waals surface area contributed by atoms with E-state index in [0.29, 0.717) is 0 Å². The third kappa shape index (κ3) is 12.9. The molecule has 9 heteroatoms. The summed E-state index contributed by atoms with van der Waals surface area (Å²) in [4.78, 5) is 0. The predicted octanol–water partition coefficient (Wildman–Crippen LogP) is -2.06. The average molecular weight is 208 g/mol. The van der Waals surface area contributed by atoms with Gasteiger partial charge in [-0.05, 0) is 0 Å². The van der Waals surface area contributed by atoms with Gasteiger partial charge < -0.3 is 5.48 Å². The molecule has 0 unspecified atom stereocenters. The quantitative estimate of drug-likeness (QED) is 0.511. The van der Waals surface area contributed by atoms with Crippen molar-refractivity contribution < 1.29 is 31.4 Å². The minimum atomic E-state index is -4.30. The molecule has 0 spiro atoms. The van der Waals surface area contributed by atoms with Crippen LogP contribution in [0.2, 0.25) is 0 Å². The van der Waals surface area contributed by atoms with Crippen LogP contribution in [0.25, 0.3) is 0 Å². The van der Waals surface area contributed by atoms with Gasteiger partial charge in [0, 0.05) is 0 Å². The van der Waals surface area contributed by atoms with Crippen molar-refractivity contribution in [3.05, 3.63) is 0 Å². The van der Waals surface area contributed by atoms with E-state index in [1.54, 1.807) is 0 Å². The van der Waals surface area contributed by atoms with Gasteiger partial charge in [-0.3, -0.25) is 9.11 Å². The van der Waals surface area contributed by atoms with Crippen LogP contribution in [0, 0.1) is 0 Å². The number of hydrogen-bond acceptors (Lipinski definition) is 4. The fourth-order valence-electron chi connectivity index (χ4n) is 0.211. The Morgan fingerprint density at radius 3 is 1.09 bits per heavy atom. The first kappa shape index (κ1) is 13.4. The molecule has 0 aliphatic rings. The summed E-state index contributed by atoms with van der Waals surface area (Å²) in [5, 5.41) is 0. The van der Waals surface area contributed by atoms with E-state index in [-0.39, 0.29) is 5.48 Å². The second-order valence-corrected chi connectivity index (χ2v) is 4.72. The van der Waals surface area contributed by atoms with Gasteiger partial charge in [-0.15, -0.1) is 0 Å². The van der Waals surface area contributed by atoms with Crippen molar-refractivity contribution in [2.75, 3.05) is 11.5 Å². The zero-order valence-corrected chi connectivity index (χ0v) is 6.89. The van der Waals surface area contributed by atoms with E-state index in [4.69, 9.17) is 9.11 Å². The maximum atomic E-state index is 9.86. The van der Waals surface area contributed by atoms with E-state index < -0.39 is 31.7 Å². The molecule has 0 aromatic heterocycles. The van der Waals surface area contributed by atoms with Crippen molar-refractivity contribution in [3.63, 3.8) is 0 Å². The highest BCUT2D eigenvalue weighted by Gasteiger charge is 2.11. The molecule has 7 nitrogen and oxygen atoms in total. The summed E-state index contributed by atoms with van der Waals surface area (Å²) in [6, 6.07) is 0. The van der Waals surface area contributed by atoms with Crippen molar-refractivity contribution >= 4 is 20.2 Å². The molecule has 0 aromatic carbocycles. The molecule has 0 saturated carbocycles. The molecule has 0 aliphatic heterocycles. The second kappa shape index (κ2) is 3.97. The highest BCUT2D eigenvalue weighted by molar-refractivity contribution is 7.89. The summed E-state index contributed by atoms with van der Waals surface area (Å²) in [6.07, 6.45) is 0. The van der Waals surface area contributed by atoms with E-state index in [0.717, 1.165) is 0 Å². The van der Waals surface area contributed by atoms with Crippen molar-refractivity contribution in [2.45, 2.75) is 0 Å². The van der Waals surface area contributed by atoms with Gasteiger partial charge in [0.05, 0.1) is 11.5 Å². The average Bonchev–Trinajstić information content (AvgIpc) is 1.57. The molecule has 70 valence electrons. The van der Waals surface area contributed by atoms with E-state index in [1.165, 1.54) is 0 Å². The first-order chi connectivity index (χ1) is 4.21. The summed E-state index contributed by atoms with van der Waals surface area (Å²) in [6.45, 7) is 0. The fraction of sp³-hybridized carbons (Fsp3) is 1.00. The van der Waals surface area contributed by atoms with Gasteiger partial charge in [0.2, 0.25) is 0 Å². The first-order valence-corrected chi connectivity index (χ1v) is 5.33. The molecule has 0 aromatic rings. The van der Waals surface area contributed by atoms with E-state index >= 15 is 0 Å². The topological polar surface area (TPSA) is 140 Å². The Bertz CT molecular complexity index is 250. The van der Waals surface area contributed by atoms with Crippen molar-refractivity contribution in [3.8, 4) is 0 Å².